The lowest BCUT2D eigenvalue weighted by atomic mass is 10.2. The smallest absolute Gasteiger partial charge is 0.169 e. The quantitative estimate of drug-likeness (QED) is 0.862. The van der Waals surface area contributed by atoms with Gasteiger partial charge in [0.2, 0.25) is 0 Å². The third-order valence-corrected chi connectivity index (χ3v) is 2.93. The molecular formula is C17H21NO2. The zero-order valence-electron chi connectivity index (χ0n) is 12.2. The largest absolute Gasteiger partial charge is 0.493 e. The molecule has 0 saturated carbocycles. The first kappa shape index (κ1) is 14.4. The van der Waals surface area contributed by atoms with Crippen LogP contribution in [0.15, 0.2) is 48.5 Å². The SMILES string of the molecule is COc1ccccc1Oc1ccc(CNC(C)C)cc1. The lowest BCUT2D eigenvalue weighted by Gasteiger charge is -2.11. The van der Waals surface area contributed by atoms with E-state index in [1.54, 1.807) is 7.11 Å². The third-order valence-electron chi connectivity index (χ3n) is 2.93. The predicted octanol–water partition coefficient (Wildman–Crippen LogP) is 3.99. The van der Waals surface area contributed by atoms with E-state index in [4.69, 9.17) is 9.47 Å². The molecule has 2 aromatic rings. The summed E-state index contributed by atoms with van der Waals surface area (Å²) in [4.78, 5) is 0. The molecule has 2 rings (SSSR count). The highest BCUT2D eigenvalue weighted by atomic mass is 16.5. The summed E-state index contributed by atoms with van der Waals surface area (Å²) in [6, 6.07) is 16.2. The lowest BCUT2D eigenvalue weighted by molar-refractivity contribution is 0.379. The number of rotatable bonds is 6. The Bertz CT molecular complexity index is 535. The van der Waals surface area contributed by atoms with Crippen LogP contribution in [0.5, 0.6) is 17.2 Å². The van der Waals surface area contributed by atoms with Crippen LogP contribution in [0, 0.1) is 0 Å². The number of methoxy groups -OCH3 is 1. The molecule has 106 valence electrons. The average molecular weight is 271 g/mol. The van der Waals surface area contributed by atoms with Gasteiger partial charge in [0, 0.05) is 12.6 Å². The first-order valence-electron chi connectivity index (χ1n) is 6.82. The molecule has 0 fully saturated rings. The maximum atomic E-state index is 5.84. The molecule has 0 unspecified atom stereocenters. The fourth-order valence-electron chi connectivity index (χ4n) is 1.83. The standard InChI is InChI=1S/C17H21NO2/c1-13(2)18-12-14-8-10-15(11-9-14)20-17-7-5-4-6-16(17)19-3/h4-11,13,18H,12H2,1-3H3. The van der Waals surface area contributed by atoms with Gasteiger partial charge in [0.1, 0.15) is 5.75 Å². The van der Waals surface area contributed by atoms with E-state index in [2.05, 4.69) is 31.3 Å². The number of nitrogens with one attached hydrogen (secondary N) is 1. The molecular weight excluding hydrogens is 250 g/mol. The van der Waals surface area contributed by atoms with Gasteiger partial charge in [-0.15, -0.1) is 0 Å². The first-order valence-corrected chi connectivity index (χ1v) is 6.82. The van der Waals surface area contributed by atoms with Gasteiger partial charge in [-0.25, -0.2) is 0 Å². The van der Waals surface area contributed by atoms with Crippen molar-refractivity contribution in [1.29, 1.82) is 0 Å². The van der Waals surface area contributed by atoms with Crippen molar-refractivity contribution in [3.63, 3.8) is 0 Å². The topological polar surface area (TPSA) is 30.5 Å². The second-order valence-electron chi connectivity index (χ2n) is 4.93. The van der Waals surface area contributed by atoms with Crippen LogP contribution in [0.4, 0.5) is 0 Å². The molecule has 0 aliphatic heterocycles. The summed E-state index contributed by atoms with van der Waals surface area (Å²) >= 11 is 0. The van der Waals surface area contributed by atoms with Crippen molar-refractivity contribution in [2.24, 2.45) is 0 Å². The fraction of sp³-hybridized carbons (Fsp3) is 0.294. The number of benzene rings is 2. The summed E-state index contributed by atoms with van der Waals surface area (Å²) in [6.45, 7) is 5.14. The van der Waals surface area contributed by atoms with E-state index >= 15 is 0 Å². The van der Waals surface area contributed by atoms with E-state index in [0.29, 0.717) is 6.04 Å². The average Bonchev–Trinajstić information content (AvgIpc) is 2.47. The highest BCUT2D eigenvalue weighted by Gasteiger charge is 2.04. The third kappa shape index (κ3) is 4.00. The summed E-state index contributed by atoms with van der Waals surface area (Å²) in [5, 5.41) is 3.39. The highest BCUT2D eigenvalue weighted by Crippen LogP contribution is 2.30. The molecule has 0 atom stereocenters. The van der Waals surface area contributed by atoms with Crippen LogP contribution in [0.3, 0.4) is 0 Å². The van der Waals surface area contributed by atoms with Crippen LogP contribution in [0.2, 0.25) is 0 Å². The summed E-state index contributed by atoms with van der Waals surface area (Å²) in [7, 11) is 1.64. The van der Waals surface area contributed by atoms with E-state index in [1.807, 2.05) is 36.4 Å². The normalized spacial score (nSPS) is 10.6. The Kier molecular flexibility index (Phi) is 5.02. The first-order chi connectivity index (χ1) is 9.69. The van der Waals surface area contributed by atoms with Gasteiger partial charge in [0.05, 0.1) is 7.11 Å². The molecule has 1 N–H and O–H groups in total. The second-order valence-corrected chi connectivity index (χ2v) is 4.93. The van der Waals surface area contributed by atoms with E-state index in [0.717, 1.165) is 23.8 Å². The molecule has 0 bridgehead atoms. The Morgan fingerprint density at radius 3 is 2.20 bits per heavy atom. The second kappa shape index (κ2) is 6.96. The van der Waals surface area contributed by atoms with E-state index in [-0.39, 0.29) is 0 Å². The Hall–Kier alpha value is -2.00. The molecule has 2 aromatic carbocycles. The molecule has 0 saturated heterocycles. The van der Waals surface area contributed by atoms with E-state index in [1.165, 1.54) is 5.56 Å². The zero-order valence-corrected chi connectivity index (χ0v) is 12.2. The summed E-state index contributed by atoms with van der Waals surface area (Å²) in [6.07, 6.45) is 0. The van der Waals surface area contributed by atoms with Crippen LogP contribution < -0.4 is 14.8 Å². The summed E-state index contributed by atoms with van der Waals surface area (Å²) < 4.78 is 11.1. The van der Waals surface area contributed by atoms with Crippen LogP contribution >= 0.6 is 0 Å². The Balaban J connectivity index is 2.03. The molecule has 0 radical (unpaired) electrons. The Morgan fingerprint density at radius 1 is 0.950 bits per heavy atom. The van der Waals surface area contributed by atoms with E-state index < -0.39 is 0 Å². The van der Waals surface area contributed by atoms with Crippen molar-refractivity contribution >= 4 is 0 Å². The molecule has 20 heavy (non-hydrogen) atoms. The lowest BCUT2D eigenvalue weighted by Crippen LogP contribution is -2.21. The van der Waals surface area contributed by atoms with Crippen molar-refractivity contribution in [1.82, 2.24) is 5.32 Å². The van der Waals surface area contributed by atoms with Gasteiger partial charge >= 0.3 is 0 Å². The van der Waals surface area contributed by atoms with Crippen LogP contribution in [0.1, 0.15) is 19.4 Å². The van der Waals surface area contributed by atoms with Crippen molar-refractivity contribution < 1.29 is 9.47 Å². The predicted molar refractivity (Wildman–Crippen MR) is 81.5 cm³/mol. The molecule has 0 amide bonds. The summed E-state index contributed by atoms with van der Waals surface area (Å²) in [5.41, 5.74) is 1.24. The fourth-order valence-corrected chi connectivity index (χ4v) is 1.83. The van der Waals surface area contributed by atoms with E-state index in [9.17, 15) is 0 Å². The van der Waals surface area contributed by atoms with Crippen molar-refractivity contribution in [2.45, 2.75) is 26.4 Å². The van der Waals surface area contributed by atoms with Crippen molar-refractivity contribution in [2.75, 3.05) is 7.11 Å². The minimum absolute atomic E-state index is 0.486. The number of hydrogen-bond acceptors (Lipinski definition) is 3. The summed E-state index contributed by atoms with van der Waals surface area (Å²) in [5.74, 6) is 2.27. The van der Waals surface area contributed by atoms with Gasteiger partial charge in [0.15, 0.2) is 11.5 Å². The molecule has 0 heterocycles. The monoisotopic (exact) mass is 271 g/mol. The molecule has 3 heteroatoms. The molecule has 0 aliphatic rings. The minimum atomic E-state index is 0.486. The minimum Gasteiger partial charge on any atom is -0.493 e. The number of hydrogen-bond donors (Lipinski definition) is 1. The van der Waals surface area contributed by atoms with Gasteiger partial charge < -0.3 is 14.8 Å². The maximum absolute atomic E-state index is 5.84. The van der Waals surface area contributed by atoms with Crippen LogP contribution in [-0.2, 0) is 6.54 Å². The van der Waals surface area contributed by atoms with Gasteiger partial charge in [-0.05, 0) is 29.8 Å². The van der Waals surface area contributed by atoms with Crippen LogP contribution in [-0.4, -0.2) is 13.2 Å². The van der Waals surface area contributed by atoms with Crippen LogP contribution in [0.25, 0.3) is 0 Å². The number of ether oxygens (including phenoxy) is 2. The maximum Gasteiger partial charge on any atom is 0.169 e. The van der Waals surface area contributed by atoms with Gasteiger partial charge in [-0.2, -0.15) is 0 Å². The number of para-hydroxylation sites is 2. The zero-order chi connectivity index (χ0) is 14.4. The van der Waals surface area contributed by atoms with Crippen molar-refractivity contribution in [3.8, 4) is 17.2 Å². The molecule has 3 nitrogen and oxygen atoms in total. The molecule has 0 aromatic heterocycles. The van der Waals surface area contributed by atoms with Gasteiger partial charge in [0.25, 0.3) is 0 Å². The highest BCUT2D eigenvalue weighted by molar-refractivity contribution is 5.42. The molecule has 0 spiro atoms. The Labute approximate surface area is 120 Å². The van der Waals surface area contributed by atoms with Crippen molar-refractivity contribution in [3.05, 3.63) is 54.1 Å². The van der Waals surface area contributed by atoms with Gasteiger partial charge in [-0.3, -0.25) is 0 Å². The molecule has 0 aliphatic carbocycles. The van der Waals surface area contributed by atoms with Gasteiger partial charge in [-0.1, -0.05) is 38.1 Å². The Morgan fingerprint density at radius 2 is 1.60 bits per heavy atom.